The van der Waals surface area contributed by atoms with E-state index in [-0.39, 0.29) is 0 Å². The summed E-state index contributed by atoms with van der Waals surface area (Å²) >= 11 is 0. The first-order valence-corrected chi connectivity index (χ1v) is 5.99. The van der Waals surface area contributed by atoms with Crippen LogP contribution in [0.2, 0.25) is 0 Å². The van der Waals surface area contributed by atoms with Crippen molar-refractivity contribution in [2.24, 2.45) is 0 Å². The van der Waals surface area contributed by atoms with Crippen LogP contribution < -0.4 is 0 Å². The van der Waals surface area contributed by atoms with Crippen LogP contribution in [0.3, 0.4) is 0 Å². The van der Waals surface area contributed by atoms with E-state index < -0.39 is 0 Å². The van der Waals surface area contributed by atoms with Crippen molar-refractivity contribution >= 4 is 0 Å². The van der Waals surface area contributed by atoms with Gasteiger partial charge in [0.25, 0.3) is 0 Å². The lowest BCUT2D eigenvalue weighted by Gasteiger charge is -2.48. The molecule has 0 aromatic carbocycles. The Morgan fingerprint density at radius 2 is 1.86 bits per heavy atom. The van der Waals surface area contributed by atoms with E-state index in [4.69, 9.17) is 0 Å². The van der Waals surface area contributed by atoms with Gasteiger partial charge >= 0.3 is 0 Å². The summed E-state index contributed by atoms with van der Waals surface area (Å²) in [5.74, 6) is 0. The van der Waals surface area contributed by atoms with Gasteiger partial charge in [-0.3, -0.25) is 9.80 Å². The lowest BCUT2D eigenvalue weighted by Crippen LogP contribution is -2.60. The van der Waals surface area contributed by atoms with Crippen molar-refractivity contribution in [2.45, 2.75) is 58.2 Å². The monoisotopic (exact) mass is 196 g/mol. The maximum absolute atomic E-state index is 2.69. The fourth-order valence-electron chi connectivity index (χ4n) is 3.12. The van der Waals surface area contributed by atoms with Crippen molar-refractivity contribution < 1.29 is 0 Å². The van der Waals surface area contributed by atoms with Crippen molar-refractivity contribution in [1.29, 1.82) is 0 Å². The maximum atomic E-state index is 2.69. The molecule has 2 atom stereocenters. The molecule has 0 N–H and O–H groups in total. The Hall–Kier alpha value is -0.0800. The summed E-state index contributed by atoms with van der Waals surface area (Å²) in [5.41, 5.74) is 0.341. The van der Waals surface area contributed by atoms with Gasteiger partial charge in [-0.1, -0.05) is 0 Å². The zero-order valence-corrected chi connectivity index (χ0v) is 10.1. The predicted molar refractivity (Wildman–Crippen MR) is 60.5 cm³/mol. The molecule has 2 nitrogen and oxygen atoms in total. The van der Waals surface area contributed by atoms with Gasteiger partial charge in [0.1, 0.15) is 0 Å². The highest BCUT2D eigenvalue weighted by Crippen LogP contribution is 2.28. The second-order valence-corrected chi connectivity index (χ2v) is 5.96. The number of piperazine rings is 1. The van der Waals surface area contributed by atoms with E-state index in [9.17, 15) is 0 Å². The zero-order valence-electron chi connectivity index (χ0n) is 10.1. The third-order valence-electron chi connectivity index (χ3n) is 3.80. The van der Waals surface area contributed by atoms with Crippen LogP contribution >= 0.6 is 0 Å². The first-order chi connectivity index (χ1) is 6.48. The molecule has 2 aliphatic rings. The quantitative estimate of drug-likeness (QED) is 0.584. The van der Waals surface area contributed by atoms with E-state index >= 15 is 0 Å². The Morgan fingerprint density at radius 3 is 2.50 bits per heavy atom. The molecule has 0 spiro atoms. The highest BCUT2D eigenvalue weighted by Gasteiger charge is 2.38. The molecular formula is C12H24N2. The predicted octanol–water partition coefficient (Wildman–Crippen LogP) is 1.95. The minimum absolute atomic E-state index is 0.341. The molecule has 0 aromatic rings. The Labute approximate surface area is 88.3 Å². The van der Waals surface area contributed by atoms with Crippen LogP contribution in [0.25, 0.3) is 0 Å². The van der Waals surface area contributed by atoms with Gasteiger partial charge in [-0.05, 0) is 47.1 Å². The third-order valence-corrected chi connectivity index (χ3v) is 3.80. The minimum atomic E-state index is 0.341. The Balaban J connectivity index is 2.06. The van der Waals surface area contributed by atoms with Crippen molar-refractivity contribution in [3.05, 3.63) is 0 Å². The van der Waals surface area contributed by atoms with E-state index in [1.165, 1.54) is 32.5 Å². The summed E-state index contributed by atoms with van der Waals surface area (Å²) < 4.78 is 0. The molecular weight excluding hydrogens is 172 g/mol. The minimum Gasteiger partial charge on any atom is -0.298 e. The molecule has 82 valence electrons. The smallest absolute Gasteiger partial charge is 0.0224 e. The van der Waals surface area contributed by atoms with Crippen LogP contribution in [0.1, 0.15) is 40.5 Å². The number of nitrogens with zero attached hydrogens (tertiary/aromatic N) is 2. The number of hydrogen-bond acceptors (Lipinski definition) is 2. The molecule has 2 saturated heterocycles. The van der Waals surface area contributed by atoms with Crippen LogP contribution in [-0.4, -0.2) is 47.1 Å². The summed E-state index contributed by atoms with van der Waals surface area (Å²) in [6, 6.07) is 1.58. The van der Waals surface area contributed by atoms with Crippen LogP contribution in [0.4, 0.5) is 0 Å². The standard InChI is InChI=1S/C12H24N2/c1-10-8-13-7-5-6-11(13)9-14(10)12(2,3)4/h10-11H,5-9H2,1-4H3/t10-,11?/m1/s1. The van der Waals surface area contributed by atoms with Gasteiger partial charge in [-0.2, -0.15) is 0 Å². The first-order valence-electron chi connectivity index (χ1n) is 5.99. The molecule has 0 amide bonds. The summed E-state index contributed by atoms with van der Waals surface area (Å²) in [6.07, 6.45) is 2.83. The van der Waals surface area contributed by atoms with Crippen LogP contribution in [-0.2, 0) is 0 Å². The molecule has 14 heavy (non-hydrogen) atoms. The highest BCUT2D eigenvalue weighted by molar-refractivity contribution is 4.94. The average molecular weight is 196 g/mol. The van der Waals surface area contributed by atoms with Crippen molar-refractivity contribution in [3.8, 4) is 0 Å². The molecule has 1 unspecified atom stereocenters. The van der Waals surface area contributed by atoms with Gasteiger partial charge < -0.3 is 0 Å². The van der Waals surface area contributed by atoms with Gasteiger partial charge in [0, 0.05) is 30.7 Å². The van der Waals surface area contributed by atoms with Crippen molar-refractivity contribution in [2.75, 3.05) is 19.6 Å². The molecule has 0 radical (unpaired) electrons. The van der Waals surface area contributed by atoms with E-state index in [1.807, 2.05) is 0 Å². The van der Waals surface area contributed by atoms with Gasteiger partial charge in [0.15, 0.2) is 0 Å². The van der Waals surface area contributed by atoms with Gasteiger partial charge in [-0.25, -0.2) is 0 Å². The fourth-order valence-corrected chi connectivity index (χ4v) is 3.12. The number of rotatable bonds is 0. The normalized spacial score (nSPS) is 36.0. The van der Waals surface area contributed by atoms with Gasteiger partial charge in [-0.15, -0.1) is 0 Å². The Morgan fingerprint density at radius 1 is 1.14 bits per heavy atom. The summed E-state index contributed by atoms with van der Waals surface area (Å²) in [6.45, 7) is 13.3. The van der Waals surface area contributed by atoms with Gasteiger partial charge in [0.2, 0.25) is 0 Å². The molecule has 0 bridgehead atoms. The Kier molecular flexibility index (Phi) is 2.61. The van der Waals surface area contributed by atoms with E-state index in [0.29, 0.717) is 5.54 Å². The second-order valence-electron chi connectivity index (χ2n) is 5.96. The maximum Gasteiger partial charge on any atom is 0.0224 e. The average Bonchev–Trinajstić information content (AvgIpc) is 2.47. The topological polar surface area (TPSA) is 6.48 Å². The molecule has 0 saturated carbocycles. The molecule has 0 aromatic heterocycles. The lowest BCUT2D eigenvalue weighted by atomic mass is 9.98. The lowest BCUT2D eigenvalue weighted by molar-refractivity contribution is -0.000349. The molecule has 2 aliphatic heterocycles. The van der Waals surface area contributed by atoms with Gasteiger partial charge in [0.05, 0.1) is 0 Å². The largest absolute Gasteiger partial charge is 0.298 e. The van der Waals surface area contributed by atoms with Crippen molar-refractivity contribution in [3.63, 3.8) is 0 Å². The zero-order chi connectivity index (χ0) is 10.3. The third kappa shape index (κ3) is 1.82. The second kappa shape index (κ2) is 3.49. The molecule has 2 heteroatoms. The molecule has 2 fully saturated rings. The summed E-state index contributed by atoms with van der Waals surface area (Å²) in [4.78, 5) is 5.37. The van der Waals surface area contributed by atoms with Crippen LogP contribution in [0.5, 0.6) is 0 Å². The first kappa shape index (κ1) is 10.4. The summed E-state index contributed by atoms with van der Waals surface area (Å²) in [5, 5.41) is 0. The molecule has 0 aliphatic carbocycles. The summed E-state index contributed by atoms with van der Waals surface area (Å²) in [7, 11) is 0. The fraction of sp³-hybridized carbons (Fsp3) is 1.00. The van der Waals surface area contributed by atoms with E-state index in [1.54, 1.807) is 0 Å². The number of hydrogen-bond donors (Lipinski definition) is 0. The highest BCUT2D eigenvalue weighted by atomic mass is 15.3. The van der Waals surface area contributed by atoms with E-state index in [2.05, 4.69) is 37.5 Å². The SMILES string of the molecule is C[C@@H]1CN2CCCC2CN1C(C)(C)C. The Bertz CT molecular complexity index is 207. The van der Waals surface area contributed by atoms with Crippen LogP contribution in [0.15, 0.2) is 0 Å². The molecule has 2 rings (SSSR count). The molecule has 2 heterocycles. The number of fused-ring (bicyclic) bond motifs is 1. The van der Waals surface area contributed by atoms with Crippen LogP contribution in [0, 0.1) is 0 Å². The van der Waals surface area contributed by atoms with E-state index in [0.717, 1.165) is 12.1 Å². The van der Waals surface area contributed by atoms with Crippen molar-refractivity contribution in [1.82, 2.24) is 9.80 Å².